The molecule has 0 aliphatic carbocycles. The number of hydrogen-bond donors (Lipinski definition) is 3. The SMILES string of the molecule is CNC(=O)c1nn(-c2ccc(OC)cc2)c(C(=O)O)c1CCO. The van der Waals surface area contributed by atoms with E-state index in [0.29, 0.717) is 11.4 Å². The molecule has 0 aliphatic rings. The summed E-state index contributed by atoms with van der Waals surface area (Å²) in [5.41, 5.74) is 0.491. The highest BCUT2D eigenvalue weighted by Gasteiger charge is 2.26. The Morgan fingerprint density at radius 1 is 1.30 bits per heavy atom. The predicted molar refractivity (Wildman–Crippen MR) is 81.3 cm³/mol. The summed E-state index contributed by atoms with van der Waals surface area (Å²) in [5.74, 6) is -1.13. The zero-order valence-electron chi connectivity index (χ0n) is 12.7. The van der Waals surface area contributed by atoms with Crippen LogP contribution in [0.25, 0.3) is 5.69 Å². The van der Waals surface area contributed by atoms with Crippen LogP contribution in [0.3, 0.4) is 0 Å². The Morgan fingerprint density at radius 2 is 1.96 bits per heavy atom. The van der Waals surface area contributed by atoms with Crippen LogP contribution >= 0.6 is 0 Å². The van der Waals surface area contributed by atoms with Gasteiger partial charge in [0.05, 0.1) is 12.8 Å². The number of nitrogens with zero attached hydrogens (tertiary/aromatic N) is 2. The normalized spacial score (nSPS) is 10.4. The zero-order valence-corrected chi connectivity index (χ0v) is 12.7. The summed E-state index contributed by atoms with van der Waals surface area (Å²) in [5, 5.41) is 25.2. The summed E-state index contributed by atoms with van der Waals surface area (Å²) in [7, 11) is 2.95. The number of aromatic nitrogens is 2. The van der Waals surface area contributed by atoms with Crippen LogP contribution in [-0.2, 0) is 6.42 Å². The smallest absolute Gasteiger partial charge is 0.354 e. The van der Waals surface area contributed by atoms with E-state index in [2.05, 4.69) is 10.4 Å². The van der Waals surface area contributed by atoms with Crippen molar-refractivity contribution in [2.75, 3.05) is 20.8 Å². The molecule has 1 amide bonds. The van der Waals surface area contributed by atoms with Crippen molar-refractivity contribution in [3.63, 3.8) is 0 Å². The van der Waals surface area contributed by atoms with Gasteiger partial charge in [-0.2, -0.15) is 5.10 Å². The lowest BCUT2D eigenvalue weighted by molar-refractivity contribution is 0.0685. The lowest BCUT2D eigenvalue weighted by Crippen LogP contribution is -2.20. The number of carbonyl (C=O) groups is 2. The largest absolute Gasteiger partial charge is 0.497 e. The van der Waals surface area contributed by atoms with Crippen molar-refractivity contribution in [3.8, 4) is 11.4 Å². The first-order valence-corrected chi connectivity index (χ1v) is 6.86. The maximum Gasteiger partial charge on any atom is 0.354 e. The summed E-state index contributed by atoms with van der Waals surface area (Å²) in [6.07, 6.45) is 0.0144. The number of benzene rings is 1. The van der Waals surface area contributed by atoms with Gasteiger partial charge in [-0.3, -0.25) is 4.79 Å². The van der Waals surface area contributed by atoms with Crippen molar-refractivity contribution in [1.29, 1.82) is 0 Å². The molecule has 23 heavy (non-hydrogen) atoms. The Labute approximate surface area is 132 Å². The fraction of sp³-hybridized carbons (Fsp3) is 0.267. The van der Waals surface area contributed by atoms with Gasteiger partial charge in [-0.1, -0.05) is 0 Å². The minimum atomic E-state index is -1.23. The molecule has 0 radical (unpaired) electrons. The monoisotopic (exact) mass is 319 g/mol. The average Bonchev–Trinajstić information content (AvgIpc) is 2.94. The van der Waals surface area contributed by atoms with Gasteiger partial charge in [0, 0.05) is 25.6 Å². The third-order valence-electron chi connectivity index (χ3n) is 3.31. The number of aliphatic hydroxyl groups is 1. The molecule has 2 aromatic rings. The van der Waals surface area contributed by atoms with Crippen LogP contribution in [0, 0.1) is 0 Å². The Kier molecular flexibility index (Phi) is 4.97. The number of carboxylic acid groups (broad SMARTS) is 1. The molecule has 0 saturated carbocycles. The number of carbonyl (C=O) groups excluding carboxylic acids is 1. The molecule has 1 aromatic heterocycles. The first-order chi connectivity index (χ1) is 11.0. The van der Waals surface area contributed by atoms with E-state index in [4.69, 9.17) is 4.74 Å². The lowest BCUT2D eigenvalue weighted by atomic mass is 10.1. The lowest BCUT2D eigenvalue weighted by Gasteiger charge is -2.06. The molecule has 3 N–H and O–H groups in total. The van der Waals surface area contributed by atoms with Gasteiger partial charge < -0.3 is 20.3 Å². The summed E-state index contributed by atoms with van der Waals surface area (Å²) < 4.78 is 6.24. The summed E-state index contributed by atoms with van der Waals surface area (Å²) in [6.45, 7) is -0.293. The van der Waals surface area contributed by atoms with Gasteiger partial charge >= 0.3 is 5.97 Å². The quantitative estimate of drug-likeness (QED) is 0.713. The van der Waals surface area contributed by atoms with Crippen molar-refractivity contribution in [1.82, 2.24) is 15.1 Å². The van der Waals surface area contributed by atoms with Gasteiger partial charge in [-0.05, 0) is 24.3 Å². The van der Waals surface area contributed by atoms with Gasteiger partial charge in [0.15, 0.2) is 11.4 Å². The van der Waals surface area contributed by atoms with E-state index in [0.717, 1.165) is 0 Å². The number of amides is 1. The third-order valence-corrected chi connectivity index (χ3v) is 3.31. The predicted octanol–water partition coefficient (Wildman–Crippen LogP) is 0.474. The Balaban J connectivity index is 2.65. The van der Waals surface area contributed by atoms with Crippen molar-refractivity contribution in [2.45, 2.75) is 6.42 Å². The van der Waals surface area contributed by atoms with Crippen molar-refractivity contribution < 1.29 is 24.5 Å². The number of hydrogen-bond acceptors (Lipinski definition) is 5. The standard InChI is InChI=1S/C15H17N3O5/c1-16-14(20)12-11(7-8-19)13(15(21)22)18(17-12)9-3-5-10(23-2)6-4-9/h3-6,19H,7-8H2,1-2H3,(H,16,20)(H,21,22). The number of rotatable bonds is 6. The molecule has 0 unspecified atom stereocenters. The van der Waals surface area contributed by atoms with Crippen LogP contribution in [0.1, 0.15) is 26.5 Å². The molecule has 1 heterocycles. The van der Waals surface area contributed by atoms with Crippen molar-refractivity contribution in [2.24, 2.45) is 0 Å². The highest BCUT2D eigenvalue weighted by atomic mass is 16.5. The Morgan fingerprint density at radius 3 is 2.43 bits per heavy atom. The van der Waals surface area contributed by atoms with Crippen molar-refractivity contribution >= 4 is 11.9 Å². The first-order valence-electron chi connectivity index (χ1n) is 6.86. The Bertz CT molecular complexity index is 721. The number of aliphatic hydroxyl groups excluding tert-OH is 1. The van der Waals surface area contributed by atoms with Crippen molar-refractivity contribution in [3.05, 3.63) is 41.2 Å². The number of nitrogens with one attached hydrogen (secondary N) is 1. The molecule has 8 nitrogen and oxygen atoms in total. The zero-order chi connectivity index (χ0) is 17.0. The average molecular weight is 319 g/mol. The fourth-order valence-electron chi connectivity index (χ4n) is 2.23. The van der Waals surface area contributed by atoms with Gasteiger partial charge in [0.25, 0.3) is 5.91 Å². The van der Waals surface area contributed by atoms with Gasteiger partial charge in [0.1, 0.15) is 5.75 Å². The van der Waals surface area contributed by atoms with Crippen LogP contribution in [0.15, 0.2) is 24.3 Å². The second-order valence-electron chi connectivity index (χ2n) is 4.64. The highest BCUT2D eigenvalue weighted by molar-refractivity contribution is 5.98. The molecule has 0 aliphatic heterocycles. The maximum atomic E-state index is 11.9. The Hall–Kier alpha value is -2.87. The molecule has 0 spiro atoms. The first kappa shape index (κ1) is 16.5. The second kappa shape index (κ2) is 6.93. The van der Waals surface area contributed by atoms with Crippen LogP contribution in [0.5, 0.6) is 5.75 Å². The van der Waals surface area contributed by atoms with E-state index >= 15 is 0 Å². The summed E-state index contributed by atoms with van der Waals surface area (Å²) in [4.78, 5) is 23.6. The highest BCUT2D eigenvalue weighted by Crippen LogP contribution is 2.22. The van der Waals surface area contributed by atoms with Crippen LogP contribution in [-0.4, -0.2) is 52.6 Å². The van der Waals surface area contributed by atoms with Gasteiger partial charge in [-0.15, -0.1) is 0 Å². The number of aromatic carboxylic acids is 1. The third kappa shape index (κ3) is 3.16. The molecule has 2 rings (SSSR count). The van der Waals surface area contributed by atoms with Crippen LogP contribution in [0.4, 0.5) is 0 Å². The van der Waals surface area contributed by atoms with E-state index in [1.54, 1.807) is 24.3 Å². The molecule has 8 heteroatoms. The molecule has 0 atom stereocenters. The minimum absolute atomic E-state index is 0.0144. The van der Waals surface area contributed by atoms with E-state index in [9.17, 15) is 19.8 Å². The molecule has 0 fully saturated rings. The van der Waals surface area contributed by atoms with Crippen LogP contribution < -0.4 is 10.1 Å². The van der Waals surface area contributed by atoms with E-state index in [1.165, 1.54) is 18.8 Å². The topological polar surface area (TPSA) is 114 Å². The fourth-order valence-corrected chi connectivity index (χ4v) is 2.23. The molecule has 122 valence electrons. The van der Waals surface area contributed by atoms with Gasteiger partial charge in [-0.25, -0.2) is 9.48 Å². The molecule has 0 saturated heterocycles. The van der Waals surface area contributed by atoms with Gasteiger partial charge in [0.2, 0.25) is 0 Å². The van der Waals surface area contributed by atoms with E-state index < -0.39 is 11.9 Å². The number of ether oxygens (including phenoxy) is 1. The maximum absolute atomic E-state index is 11.9. The number of methoxy groups -OCH3 is 1. The van der Waals surface area contributed by atoms with E-state index in [-0.39, 0.29) is 30.0 Å². The number of carboxylic acids is 1. The van der Waals surface area contributed by atoms with E-state index in [1.807, 2.05) is 0 Å². The molecule has 0 bridgehead atoms. The minimum Gasteiger partial charge on any atom is -0.497 e. The summed E-state index contributed by atoms with van der Waals surface area (Å²) >= 11 is 0. The van der Waals surface area contributed by atoms with Crippen LogP contribution in [0.2, 0.25) is 0 Å². The molecular formula is C15H17N3O5. The second-order valence-corrected chi connectivity index (χ2v) is 4.64. The summed E-state index contributed by atoms with van der Waals surface area (Å²) in [6, 6.07) is 6.59. The molecule has 1 aromatic carbocycles. The molecular weight excluding hydrogens is 302 g/mol.